The Kier molecular flexibility index (Phi) is 6.21. The van der Waals surface area contributed by atoms with Crippen molar-refractivity contribution >= 4 is 36.3 Å². The van der Waals surface area contributed by atoms with Crippen LogP contribution < -0.4 is 10.2 Å². The van der Waals surface area contributed by atoms with E-state index in [-0.39, 0.29) is 11.7 Å². The smallest absolute Gasteiger partial charge is 0.321 e. The van der Waals surface area contributed by atoms with Gasteiger partial charge in [0.25, 0.3) is 5.91 Å². The third-order valence-corrected chi connectivity index (χ3v) is 5.61. The summed E-state index contributed by atoms with van der Waals surface area (Å²) in [6.07, 6.45) is 3.08. The summed E-state index contributed by atoms with van der Waals surface area (Å²) in [4.78, 5) is 27.1. The van der Waals surface area contributed by atoms with Crippen LogP contribution in [0.3, 0.4) is 0 Å². The molecule has 1 aliphatic heterocycles. The number of thiol groups is 1. The first kappa shape index (κ1) is 20.9. The maximum atomic E-state index is 13.9. The maximum absolute atomic E-state index is 13.9. The minimum Gasteiger partial charge on any atom is -0.480 e. The average Bonchev–Trinajstić information content (AvgIpc) is 2.82. The highest BCUT2D eigenvalue weighted by atomic mass is 32.1. The summed E-state index contributed by atoms with van der Waals surface area (Å²) in [6, 6.07) is 23.9. The Hall–Kier alpha value is -3.35. The number of anilines is 1. The van der Waals surface area contributed by atoms with Gasteiger partial charge in [0.15, 0.2) is 0 Å². The van der Waals surface area contributed by atoms with Crippen molar-refractivity contribution in [2.24, 2.45) is 0 Å². The van der Waals surface area contributed by atoms with Gasteiger partial charge in [-0.2, -0.15) is 12.6 Å². The van der Waals surface area contributed by atoms with Crippen molar-refractivity contribution in [3.63, 3.8) is 0 Å². The largest absolute Gasteiger partial charge is 0.480 e. The number of fused-ring (bicyclic) bond motifs is 1. The number of nitrogens with one attached hydrogen (secondary N) is 1. The van der Waals surface area contributed by atoms with E-state index >= 15 is 0 Å². The van der Waals surface area contributed by atoms with E-state index in [1.54, 1.807) is 11.0 Å². The third-order valence-electron chi connectivity index (χ3n) is 5.25. The fourth-order valence-electron chi connectivity index (χ4n) is 3.72. The number of nitrogens with zero attached hydrogens (tertiary/aromatic N) is 1. The summed E-state index contributed by atoms with van der Waals surface area (Å²) in [5.41, 5.74) is 3.92. The number of carbonyl (C=O) groups excluding carboxylic acids is 1. The minimum atomic E-state index is -1.01. The standard InChI is InChI=1S/C25H22N2O3S/c28-24(20-12-6-5-11-19(20)17-8-2-1-3-9-17)27-22-13-7-4-10-18(22)14-15-23(27)26-21(16-31)25(29)30/h1-15,21,23,26,31H,16H2,(H,29,30)/t21?,23-/m0/s1. The molecule has 1 unspecified atom stereocenters. The number of rotatable bonds is 6. The van der Waals surface area contributed by atoms with Crippen LogP contribution in [0.15, 0.2) is 84.9 Å². The van der Waals surface area contributed by atoms with Crippen LogP contribution >= 0.6 is 12.6 Å². The van der Waals surface area contributed by atoms with Gasteiger partial charge in [-0.25, -0.2) is 0 Å². The predicted octanol–water partition coefficient (Wildman–Crippen LogP) is 4.33. The van der Waals surface area contributed by atoms with Crippen molar-refractivity contribution < 1.29 is 14.7 Å². The van der Waals surface area contributed by atoms with Gasteiger partial charge in [-0.05, 0) is 34.9 Å². The summed E-state index contributed by atoms with van der Waals surface area (Å²) in [7, 11) is 0. The first-order chi connectivity index (χ1) is 15.1. The molecule has 156 valence electrons. The molecule has 1 amide bonds. The van der Waals surface area contributed by atoms with Crippen molar-refractivity contribution in [1.82, 2.24) is 5.32 Å². The highest BCUT2D eigenvalue weighted by Crippen LogP contribution is 2.32. The van der Waals surface area contributed by atoms with Gasteiger partial charge in [0.1, 0.15) is 12.2 Å². The van der Waals surface area contributed by atoms with Gasteiger partial charge in [0.05, 0.1) is 5.69 Å². The van der Waals surface area contributed by atoms with Crippen LogP contribution in [0.1, 0.15) is 15.9 Å². The van der Waals surface area contributed by atoms with Crippen molar-refractivity contribution in [3.05, 3.63) is 96.1 Å². The van der Waals surface area contributed by atoms with Crippen LogP contribution in [0.25, 0.3) is 17.2 Å². The SMILES string of the molecule is O=C(O)C(CS)N[C@@H]1C=Cc2ccccc2N1C(=O)c1ccccc1-c1ccccc1. The van der Waals surface area contributed by atoms with E-state index in [4.69, 9.17) is 0 Å². The lowest BCUT2D eigenvalue weighted by atomic mass is 9.97. The van der Waals surface area contributed by atoms with Crippen molar-refractivity contribution in [1.29, 1.82) is 0 Å². The fraction of sp³-hybridized carbons (Fsp3) is 0.120. The zero-order valence-electron chi connectivity index (χ0n) is 16.7. The van der Waals surface area contributed by atoms with Crippen LogP contribution in [0, 0.1) is 0 Å². The number of amides is 1. The lowest BCUT2D eigenvalue weighted by Gasteiger charge is -2.36. The van der Waals surface area contributed by atoms with Gasteiger partial charge >= 0.3 is 5.97 Å². The average molecular weight is 431 g/mol. The molecule has 1 aliphatic rings. The van der Waals surface area contributed by atoms with E-state index in [0.29, 0.717) is 5.56 Å². The molecule has 0 aromatic heterocycles. The Morgan fingerprint density at radius 2 is 1.65 bits per heavy atom. The molecular formula is C25H22N2O3S. The van der Waals surface area contributed by atoms with Crippen LogP contribution in [0.4, 0.5) is 5.69 Å². The summed E-state index contributed by atoms with van der Waals surface area (Å²) >= 11 is 4.15. The molecule has 0 fully saturated rings. The molecule has 2 atom stereocenters. The molecule has 0 saturated carbocycles. The molecule has 31 heavy (non-hydrogen) atoms. The molecule has 0 saturated heterocycles. The molecule has 0 spiro atoms. The Morgan fingerprint density at radius 1 is 0.968 bits per heavy atom. The second-order valence-electron chi connectivity index (χ2n) is 7.19. The lowest BCUT2D eigenvalue weighted by molar-refractivity contribution is -0.138. The first-order valence-corrected chi connectivity index (χ1v) is 10.6. The van der Waals surface area contributed by atoms with E-state index in [1.165, 1.54) is 0 Å². The Morgan fingerprint density at radius 3 is 2.39 bits per heavy atom. The van der Waals surface area contributed by atoms with Gasteiger partial charge in [-0.15, -0.1) is 0 Å². The van der Waals surface area contributed by atoms with Crippen LogP contribution in [-0.2, 0) is 4.79 Å². The van der Waals surface area contributed by atoms with Crippen LogP contribution in [0.5, 0.6) is 0 Å². The first-order valence-electron chi connectivity index (χ1n) is 9.95. The number of aliphatic carboxylic acids is 1. The van der Waals surface area contributed by atoms with Crippen LogP contribution in [-0.4, -0.2) is 34.9 Å². The molecule has 3 aromatic carbocycles. The molecule has 0 aliphatic carbocycles. The number of hydrogen-bond donors (Lipinski definition) is 3. The van der Waals surface area contributed by atoms with Crippen molar-refractivity contribution in [2.75, 3.05) is 10.7 Å². The van der Waals surface area contributed by atoms with Crippen LogP contribution in [0.2, 0.25) is 0 Å². The van der Waals surface area contributed by atoms with Crippen molar-refractivity contribution in [2.45, 2.75) is 12.2 Å². The minimum absolute atomic E-state index is 0.101. The van der Waals surface area contributed by atoms with Gasteiger partial charge < -0.3 is 5.11 Å². The molecule has 2 N–H and O–H groups in total. The number of carboxylic acid groups (broad SMARTS) is 1. The van der Waals surface area contributed by atoms with Gasteiger partial charge in [0.2, 0.25) is 0 Å². The van der Waals surface area contributed by atoms with Gasteiger partial charge in [-0.1, -0.05) is 72.8 Å². The van der Waals surface area contributed by atoms with Gasteiger partial charge in [-0.3, -0.25) is 19.8 Å². The fourth-order valence-corrected chi connectivity index (χ4v) is 3.98. The molecule has 6 heteroatoms. The summed E-state index contributed by atoms with van der Waals surface area (Å²) in [5, 5.41) is 12.5. The second kappa shape index (κ2) is 9.20. The van der Waals surface area contributed by atoms with E-state index in [2.05, 4.69) is 17.9 Å². The van der Waals surface area contributed by atoms with E-state index < -0.39 is 18.2 Å². The van der Waals surface area contributed by atoms with E-state index in [9.17, 15) is 14.7 Å². The molecule has 5 nitrogen and oxygen atoms in total. The number of para-hydroxylation sites is 1. The second-order valence-corrected chi connectivity index (χ2v) is 7.55. The highest BCUT2D eigenvalue weighted by molar-refractivity contribution is 7.80. The topological polar surface area (TPSA) is 69.6 Å². The van der Waals surface area contributed by atoms with Gasteiger partial charge in [0, 0.05) is 11.3 Å². The third kappa shape index (κ3) is 4.26. The monoisotopic (exact) mass is 430 g/mol. The van der Waals surface area contributed by atoms with Crippen molar-refractivity contribution in [3.8, 4) is 11.1 Å². The molecule has 0 radical (unpaired) electrons. The number of carboxylic acids is 1. The Bertz CT molecular complexity index is 1130. The molecule has 4 rings (SSSR count). The number of hydrogen-bond acceptors (Lipinski definition) is 4. The molecule has 1 heterocycles. The predicted molar refractivity (Wildman–Crippen MR) is 126 cm³/mol. The van der Waals surface area contributed by atoms with E-state index in [1.807, 2.05) is 84.9 Å². The number of carbonyl (C=O) groups is 2. The maximum Gasteiger partial charge on any atom is 0.321 e. The summed E-state index contributed by atoms with van der Waals surface area (Å²) < 4.78 is 0. The normalized spacial score (nSPS) is 15.9. The Labute approximate surface area is 186 Å². The summed E-state index contributed by atoms with van der Waals surface area (Å²) in [5.74, 6) is -1.12. The Balaban J connectivity index is 1.79. The lowest BCUT2D eigenvalue weighted by Crippen LogP contribution is -2.55. The zero-order valence-corrected chi connectivity index (χ0v) is 17.6. The molecule has 3 aromatic rings. The number of benzene rings is 3. The quantitative estimate of drug-likeness (QED) is 0.509. The summed E-state index contributed by atoms with van der Waals surface area (Å²) in [6.45, 7) is 0. The molecule has 0 bridgehead atoms. The molecular weight excluding hydrogens is 408 g/mol. The highest BCUT2D eigenvalue weighted by Gasteiger charge is 2.32. The zero-order chi connectivity index (χ0) is 21.8. The van der Waals surface area contributed by atoms with E-state index in [0.717, 1.165) is 22.4 Å².